The topological polar surface area (TPSA) is 66.5 Å². The molecule has 2 aromatic rings. The molecule has 2 aromatic carbocycles. The van der Waals surface area contributed by atoms with Crippen molar-refractivity contribution in [1.82, 2.24) is 20.0 Å². The van der Waals surface area contributed by atoms with Gasteiger partial charge in [0, 0.05) is 58.4 Å². The van der Waals surface area contributed by atoms with Crippen molar-refractivity contribution in [3.63, 3.8) is 0 Å². The number of hydrogen-bond acceptors (Lipinski definition) is 7. The first-order chi connectivity index (χ1) is 20.5. The van der Waals surface area contributed by atoms with Gasteiger partial charge in [0.1, 0.15) is 17.2 Å². The van der Waals surface area contributed by atoms with Gasteiger partial charge in [-0.15, -0.1) is 0 Å². The second-order valence-electron chi connectivity index (χ2n) is 12.4. The van der Waals surface area contributed by atoms with Gasteiger partial charge in [0.2, 0.25) is 0 Å². The Labute approximate surface area is 262 Å². The van der Waals surface area contributed by atoms with E-state index in [9.17, 15) is 13.6 Å². The first-order valence-electron chi connectivity index (χ1n) is 14.8. The van der Waals surface area contributed by atoms with Crippen LogP contribution in [0.15, 0.2) is 36.4 Å². The zero-order valence-corrected chi connectivity index (χ0v) is 26.3. The summed E-state index contributed by atoms with van der Waals surface area (Å²) in [5.74, 6) is -0.804. The molecular weight excluding hydrogens is 601 g/mol. The van der Waals surface area contributed by atoms with E-state index >= 15 is 0 Å². The third kappa shape index (κ3) is 8.36. The molecule has 12 heteroatoms. The van der Waals surface area contributed by atoms with Crippen LogP contribution in [-0.2, 0) is 14.2 Å². The molecule has 0 bridgehead atoms. The van der Waals surface area contributed by atoms with E-state index in [1.165, 1.54) is 12.1 Å². The summed E-state index contributed by atoms with van der Waals surface area (Å²) in [5.41, 5.74) is 1.34. The summed E-state index contributed by atoms with van der Waals surface area (Å²) in [6.45, 7) is 13.4. The van der Waals surface area contributed by atoms with E-state index in [1.54, 1.807) is 29.2 Å². The molecule has 0 spiro atoms. The monoisotopic (exact) mass is 640 g/mol. The zero-order valence-electron chi connectivity index (χ0n) is 24.8. The van der Waals surface area contributed by atoms with Gasteiger partial charge in [-0.2, -0.15) is 0 Å². The summed E-state index contributed by atoms with van der Waals surface area (Å²) >= 11 is 11.7. The lowest BCUT2D eigenvalue weighted by atomic mass is 10.0. The second kappa shape index (κ2) is 13.9. The Morgan fingerprint density at radius 3 is 1.98 bits per heavy atom. The molecule has 43 heavy (non-hydrogen) atoms. The van der Waals surface area contributed by atoms with Crippen molar-refractivity contribution >= 4 is 29.3 Å². The van der Waals surface area contributed by atoms with E-state index in [1.807, 2.05) is 20.8 Å². The Balaban J connectivity index is 0.000000180. The molecule has 0 aromatic heterocycles. The van der Waals surface area contributed by atoms with Gasteiger partial charge in [0.25, 0.3) is 0 Å². The minimum atomic E-state index is -0.496. The van der Waals surface area contributed by atoms with E-state index in [4.69, 9.17) is 37.4 Å². The highest BCUT2D eigenvalue weighted by atomic mass is 35.5. The van der Waals surface area contributed by atoms with Crippen LogP contribution in [0.5, 0.6) is 0 Å². The SMILES string of the molecule is CC(C)(C)OC(=O)N1CCN2C[C@@H](c3ccc(F)c(Cl)c3)OC[C@@H]2C1.Fc1ccc([C@@H]2CN3CCNC[C@H]3CO2)cc1Cl. The average molecular weight is 642 g/mol. The normalized spacial score (nSPS) is 26.5. The fraction of sp³-hybridized carbons (Fsp3) is 0.581. The van der Waals surface area contributed by atoms with Crippen molar-refractivity contribution in [2.24, 2.45) is 0 Å². The fourth-order valence-electron chi connectivity index (χ4n) is 5.81. The fourth-order valence-corrected chi connectivity index (χ4v) is 6.18. The summed E-state index contributed by atoms with van der Waals surface area (Å²) in [6, 6.07) is 10.2. The highest BCUT2D eigenvalue weighted by molar-refractivity contribution is 6.31. The number of ether oxygens (including phenoxy) is 3. The number of rotatable bonds is 2. The number of carbonyl (C=O) groups excluding carboxylic acids is 1. The number of piperazine rings is 2. The Hall–Kier alpha value is -2.05. The van der Waals surface area contributed by atoms with E-state index in [-0.39, 0.29) is 40.2 Å². The van der Waals surface area contributed by atoms with Crippen LogP contribution in [0.3, 0.4) is 0 Å². The van der Waals surface area contributed by atoms with Crippen LogP contribution in [0.1, 0.15) is 44.1 Å². The molecule has 4 saturated heterocycles. The van der Waals surface area contributed by atoms with Crippen molar-refractivity contribution in [2.45, 2.75) is 50.7 Å². The average Bonchev–Trinajstić information content (AvgIpc) is 2.98. The smallest absolute Gasteiger partial charge is 0.410 e. The maximum absolute atomic E-state index is 13.3. The van der Waals surface area contributed by atoms with Crippen molar-refractivity contribution in [3.05, 3.63) is 69.2 Å². The molecule has 4 fully saturated rings. The van der Waals surface area contributed by atoms with Crippen LogP contribution >= 0.6 is 23.2 Å². The number of carbonyl (C=O) groups is 1. The minimum Gasteiger partial charge on any atom is -0.444 e. The van der Waals surface area contributed by atoms with Crippen molar-refractivity contribution in [1.29, 1.82) is 0 Å². The van der Waals surface area contributed by atoms with Gasteiger partial charge in [-0.1, -0.05) is 35.3 Å². The molecule has 0 saturated carbocycles. The van der Waals surface area contributed by atoms with Crippen molar-refractivity contribution in [3.8, 4) is 0 Å². The van der Waals surface area contributed by atoms with Gasteiger partial charge in [-0.3, -0.25) is 9.80 Å². The van der Waals surface area contributed by atoms with Crippen LogP contribution in [0.4, 0.5) is 13.6 Å². The molecule has 0 radical (unpaired) electrons. The van der Waals surface area contributed by atoms with Crippen LogP contribution in [0.2, 0.25) is 10.0 Å². The number of morpholine rings is 2. The molecular formula is C31H40Cl2F2N4O4. The molecule has 4 atom stereocenters. The first-order valence-corrected chi connectivity index (χ1v) is 15.5. The maximum atomic E-state index is 13.3. The van der Waals surface area contributed by atoms with E-state index in [0.29, 0.717) is 38.9 Å². The summed E-state index contributed by atoms with van der Waals surface area (Å²) in [5, 5.41) is 3.64. The predicted molar refractivity (Wildman–Crippen MR) is 162 cm³/mol. The third-order valence-electron chi connectivity index (χ3n) is 8.14. The number of halogens is 4. The minimum absolute atomic E-state index is 0.00236. The Morgan fingerprint density at radius 2 is 1.42 bits per heavy atom. The zero-order chi connectivity index (χ0) is 30.7. The number of nitrogens with zero attached hydrogens (tertiary/aromatic N) is 3. The van der Waals surface area contributed by atoms with E-state index < -0.39 is 11.4 Å². The Kier molecular flexibility index (Phi) is 10.5. The standard InChI is InChI=1S/C18H24ClFN2O3.C13H16ClFN2O/c1-18(2,3)25-17(23)22-7-6-21-10-16(24-11-13(21)9-22)12-4-5-15(20)14(19)8-12;14-11-5-9(1-2-12(11)15)13-7-17-4-3-16-6-10(17)8-18-13/h4-5,8,13,16H,6-7,9-11H2,1-3H3;1-2,5,10,13,16H,3-4,6-8H2/t13-,16-;10-,13-/m00/s1. The van der Waals surface area contributed by atoms with Gasteiger partial charge in [-0.25, -0.2) is 13.6 Å². The van der Waals surface area contributed by atoms with E-state index in [0.717, 1.165) is 43.9 Å². The largest absolute Gasteiger partial charge is 0.444 e. The predicted octanol–water partition coefficient (Wildman–Crippen LogP) is 5.30. The van der Waals surface area contributed by atoms with Gasteiger partial charge in [0.15, 0.2) is 0 Å². The lowest BCUT2D eigenvalue weighted by molar-refractivity contribution is -0.0906. The Morgan fingerprint density at radius 1 is 0.860 bits per heavy atom. The van der Waals surface area contributed by atoms with Crippen LogP contribution < -0.4 is 5.32 Å². The van der Waals surface area contributed by atoms with Gasteiger partial charge < -0.3 is 24.4 Å². The van der Waals surface area contributed by atoms with Crippen molar-refractivity contribution in [2.75, 3.05) is 65.6 Å². The van der Waals surface area contributed by atoms with Crippen LogP contribution in [-0.4, -0.2) is 104 Å². The first kappa shape index (κ1) is 32.3. The van der Waals surface area contributed by atoms with Crippen LogP contribution in [0, 0.1) is 11.6 Å². The molecule has 4 aliphatic heterocycles. The van der Waals surface area contributed by atoms with Crippen molar-refractivity contribution < 1.29 is 27.8 Å². The van der Waals surface area contributed by atoms with Gasteiger partial charge >= 0.3 is 6.09 Å². The highest BCUT2D eigenvalue weighted by Crippen LogP contribution is 2.30. The molecule has 236 valence electrons. The molecule has 1 N–H and O–H groups in total. The summed E-state index contributed by atoms with van der Waals surface area (Å²) in [6.07, 6.45) is -0.417. The maximum Gasteiger partial charge on any atom is 0.410 e. The molecule has 6 rings (SSSR count). The summed E-state index contributed by atoms with van der Waals surface area (Å²) in [4.78, 5) is 18.7. The number of fused-ring (bicyclic) bond motifs is 2. The summed E-state index contributed by atoms with van der Waals surface area (Å²) in [7, 11) is 0. The third-order valence-corrected chi connectivity index (χ3v) is 8.72. The molecule has 0 unspecified atom stereocenters. The number of hydrogen-bond donors (Lipinski definition) is 1. The van der Waals surface area contributed by atoms with E-state index in [2.05, 4.69) is 15.1 Å². The molecule has 1 amide bonds. The number of amides is 1. The van der Waals surface area contributed by atoms with Crippen LogP contribution in [0.25, 0.3) is 0 Å². The second-order valence-corrected chi connectivity index (χ2v) is 13.2. The number of benzene rings is 2. The summed E-state index contributed by atoms with van der Waals surface area (Å²) < 4.78 is 43.8. The Bertz CT molecular complexity index is 1280. The highest BCUT2D eigenvalue weighted by Gasteiger charge is 2.37. The lowest BCUT2D eigenvalue weighted by Crippen LogP contribution is -2.59. The molecule has 0 aliphatic carbocycles. The quantitative estimate of drug-likeness (QED) is 0.478. The number of nitrogens with one attached hydrogen (secondary N) is 1. The molecule has 4 heterocycles. The lowest BCUT2D eigenvalue weighted by Gasteiger charge is -2.46. The molecule has 8 nitrogen and oxygen atoms in total. The van der Waals surface area contributed by atoms with Gasteiger partial charge in [0.05, 0.1) is 41.5 Å². The molecule has 4 aliphatic rings. The van der Waals surface area contributed by atoms with Gasteiger partial charge in [-0.05, 0) is 56.2 Å².